The van der Waals surface area contributed by atoms with Crippen molar-refractivity contribution in [3.63, 3.8) is 0 Å². The molecule has 8 heteroatoms. The van der Waals surface area contributed by atoms with Crippen molar-refractivity contribution in [1.82, 2.24) is 4.57 Å². The molecule has 0 saturated heterocycles. The average molecular weight is 582 g/mol. The van der Waals surface area contributed by atoms with Gasteiger partial charge in [-0.1, -0.05) is 27.7 Å². The Kier molecular flexibility index (Phi) is 8.29. The molecule has 0 aliphatic carbocycles. The molecule has 6 nitrogen and oxygen atoms in total. The molecule has 0 bridgehead atoms. The number of thioether (sulfide) groups is 1. The number of esters is 1. The number of halogens is 1. The molecule has 0 unspecified atom stereocenters. The molecule has 0 atom stereocenters. The zero-order valence-electron chi connectivity index (χ0n) is 21.5. The Morgan fingerprint density at radius 1 is 1.08 bits per heavy atom. The number of nitrogens with zero attached hydrogens (tertiary/aromatic N) is 2. The standard InChI is InChI=1S/C29H29BrN2O4S/c1-6-35-23-11-8-21(9-12-23)31-28-26(29(34)36-7-2)27(33)25(37-28)16-20-15-18(4)32(19(20)5)22-10-13-24(30)17(3)14-22/h8-16,33H,6-7H2,1-5H3/b25-16-,31-28?. The lowest BCUT2D eigenvalue weighted by molar-refractivity contribution is -0.138. The largest absolute Gasteiger partial charge is 0.506 e. The maximum atomic E-state index is 12.8. The Hall–Kier alpha value is -3.23. The number of benzene rings is 2. The van der Waals surface area contributed by atoms with Gasteiger partial charge in [0.15, 0.2) is 0 Å². The third-order valence-electron chi connectivity index (χ3n) is 5.91. The van der Waals surface area contributed by atoms with Crippen LogP contribution in [0.4, 0.5) is 5.69 Å². The van der Waals surface area contributed by atoms with Crippen molar-refractivity contribution in [2.45, 2.75) is 34.6 Å². The lowest BCUT2D eigenvalue weighted by Crippen LogP contribution is -2.12. The van der Waals surface area contributed by atoms with Crippen molar-refractivity contribution in [3.05, 3.63) is 91.8 Å². The molecule has 0 amide bonds. The first-order chi connectivity index (χ1) is 17.7. The third-order valence-corrected chi connectivity index (χ3v) is 7.81. The van der Waals surface area contributed by atoms with Gasteiger partial charge in [0, 0.05) is 21.5 Å². The molecule has 192 valence electrons. The fourth-order valence-electron chi connectivity index (χ4n) is 4.13. The van der Waals surface area contributed by atoms with E-state index in [1.165, 1.54) is 11.8 Å². The summed E-state index contributed by atoms with van der Waals surface area (Å²) in [5.74, 6) is 0.0141. The first kappa shape index (κ1) is 26.8. The molecule has 1 aliphatic heterocycles. The van der Waals surface area contributed by atoms with Crippen LogP contribution in [0.15, 0.2) is 74.2 Å². The highest BCUT2D eigenvalue weighted by molar-refractivity contribution is 9.10. The summed E-state index contributed by atoms with van der Waals surface area (Å²) in [4.78, 5) is 18.0. The normalized spacial score (nSPS) is 15.6. The van der Waals surface area contributed by atoms with Gasteiger partial charge in [-0.05, 0) is 100 Å². The van der Waals surface area contributed by atoms with Gasteiger partial charge < -0.3 is 19.1 Å². The maximum Gasteiger partial charge on any atom is 0.344 e. The topological polar surface area (TPSA) is 73.0 Å². The summed E-state index contributed by atoms with van der Waals surface area (Å²) in [5, 5.41) is 11.5. The summed E-state index contributed by atoms with van der Waals surface area (Å²) in [6.07, 6.45) is 1.89. The van der Waals surface area contributed by atoms with Crippen LogP contribution >= 0.6 is 27.7 Å². The minimum atomic E-state index is -0.601. The fraction of sp³-hybridized carbons (Fsp3) is 0.241. The van der Waals surface area contributed by atoms with Crippen LogP contribution in [-0.4, -0.2) is 33.9 Å². The van der Waals surface area contributed by atoms with E-state index in [4.69, 9.17) is 9.47 Å². The van der Waals surface area contributed by atoms with Gasteiger partial charge in [0.1, 0.15) is 22.1 Å². The Balaban J connectivity index is 1.74. The van der Waals surface area contributed by atoms with Gasteiger partial charge in [0.05, 0.1) is 23.8 Å². The number of carbonyl (C=O) groups is 1. The quantitative estimate of drug-likeness (QED) is 0.289. The Morgan fingerprint density at radius 2 is 1.81 bits per heavy atom. The second-order valence-electron chi connectivity index (χ2n) is 8.49. The van der Waals surface area contributed by atoms with Crippen LogP contribution in [0.5, 0.6) is 5.75 Å². The van der Waals surface area contributed by atoms with Gasteiger partial charge in [-0.15, -0.1) is 0 Å². The number of hydrogen-bond donors (Lipinski definition) is 1. The highest BCUT2D eigenvalue weighted by Crippen LogP contribution is 2.41. The fourth-order valence-corrected chi connectivity index (χ4v) is 5.41. The van der Waals surface area contributed by atoms with Crippen molar-refractivity contribution >= 4 is 50.5 Å². The predicted octanol–water partition coefficient (Wildman–Crippen LogP) is 7.76. The summed E-state index contributed by atoms with van der Waals surface area (Å²) in [6.45, 7) is 10.6. The average Bonchev–Trinajstić information content (AvgIpc) is 3.32. The second-order valence-corrected chi connectivity index (χ2v) is 10.4. The van der Waals surface area contributed by atoms with Crippen molar-refractivity contribution in [1.29, 1.82) is 0 Å². The van der Waals surface area contributed by atoms with E-state index in [1.807, 2.05) is 57.2 Å². The molecular formula is C29H29BrN2O4S. The maximum absolute atomic E-state index is 12.8. The minimum Gasteiger partial charge on any atom is -0.506 e. The number of aryl methyl sites for hydroxylation is 2. The lowest BCUT2D eigenvalue weighted by Gasteiger charge is -2.11. The highest BCUT2D eigenvalue weighted by Gasteiger charge is 2.33. The molecular weight excluding hydrogens is 552 g/mol. The Labute approximate surface area is 229 Å². The van der Waals surface area contributed by atoms with Crippen LogP contribution in [0.1, 0.15) is 36.4 Å². The van der Waals surface area contributed by atoms with Crippen LogP contribution in [0, 0.1) is 20.8 Å². The van der Waals surface area contributed by atoms with Crippen LogP contribution in [-0.2, 0) is 9.53 Å². The number of aliphatic imine (C=N–C) groups is 1. The molecule has 37 heavy (non-hydrogen) atoms. The van der Waals surface area contributed by atoms with E-state index in [9.17, 15) is 9.90 Å². The van der Waals surface area contributed by atoms with Crippen LogP contribution in [0.3, 0.4) is 0 Å². The van der Waals surface area contributed by atoms with Gasteiger partial charge >= 0.3 is 5.97 Å². The molecule has 1 N–H and O–H groups in total. The van der Waals surface area contributed by atoms with E-state index >= 15 is 0 Å². The molecule has 1 aromatic heterocycles. The summed E-state index contributed by atoms with van der Waals surface area (Å²) in [5.41, 5.74) is 5.95. The number of ether oxygens (including phenoxy) is 2. The minimum absolute atomic E-state index is 0.0735. The first-order valence-electron chi connectivity index (χ1n) is 12.0. The smallest absolute Gasteiger partial charge is 0.344 e. The van der Waals surface area contributed by atoms with Crippen molar-refractivity contribution in [3.8, 4) is 11.4 Å². The number of aliphatic hydroxyl groups is 1. The zero-order chi connectivity index (χ0) is 26.7. The van der Waals surface area contributed by atoms with Crippen molar-refractivity contribution in [2.75, 3.05) is 13.2 Å². The molecule has 2 aromatic carbocycles. The summed E-state index contributed by atoms with van der Waals surface area (Å²) < 4.78 is 14.0. The Morgan fingerprint density at radius 3 is 2.46 bits per heavy atom. The summed E-state index contributed by atoms with van der Waals surface area (Å²) in [7, 11) is 0. The molecule has 0 radical (unpaired) electrons. The molecule has 4 rings (SSSR count). The SMILES string of the molecule is CCOC(=O)C1=C(O)/C(=C/c2cc(C)n(-c3ccc(Br)c(C)c3)c2C)SC1=Nc1ccc(OCC)cc1. The van der Waals surface area contributed by atoms with Gasteiger partial charge in [-0.3, -0.25) is 0 Å². The molecule has 0 spiro atoms. The van der Waals surface area contributed by atoms with E-state index in [0.717, 1.165) is 38.4 Å². The van der Waals surface area contributed by atoms with E-state index in [-0.39, 0.29) is 17.9 Å². The number of aromatic nitrogens is 1. The van der Waals surface area contributed by atoms with E-state index in [2.05, 4.69) is 50.6 Å². The highest BCUT2D eigenvalue weighted by atomic mass is 79.9. The van der Waals surface area contributed by atoms with Gasteiger partial charge in [-0.2, -0.15) is 0 Å². The lowest BCUT2D eigenvalue weighted by atomic mass is 10.1. The predicted molar refractivity (Wildman–Crippen MR) is 154 cm³/mol. The van der Waals surface area contributed by atoms with Crippen molar-refractivity contribution < 1.29 is 19.4 Å². The van der Waals surface area contributed by atoms with Gasteiger partial charge in [0.2, 0.25) is 0 Å². The van der Waals surface area contributed by atoms with Crippen molar-refractivity contribution in [2.24, 2.45) is 4.99 Å². The molecule has 2 heterocycles. The van der Waals surface area contributed by atoms with E-state index < -0.39 is 5.97 Å². The molecule has 3 aromatic rings. The van der Waals surface area contributed by atoms with Gasteiger partial charge in [-0.25, -0.2) is 9.79 Å². The van der Waals surface area contributed by atoms with E-state index in [0.29, 0.717) is 22.2 Å². The summed E-state index contributed by atoms with van der Waals surface area (Å²) >= 11 is 4.82. The number of hydrogen-bond acceptors (Lipinski definition) is 6. The number of aliphatic hydroxyl groups excluding tert-OH is 1. The first-order valence-corrected chi connectivity index (χ1v) is 13.6. The number of carbonyl (C=O) groups excluding carboxylic acids is 1. The molecule has 1 aliphatic rings. The molecule has 0 fully saturated rings. The monoisotopic (exact) mass is 580 g/mol. The second kappa shape index (κ2) is 11.4. The zero-order valence-corrected chi connectivity index (χ0v) is 23.9. The summed E-state index contributed by atoms with van der Waals surface area (Å²) in [6, 6.07) is 15.6. The van der Waals surface area contributed by atoms with E-state index in [1.54, 1.807) is 6.92 Å². The third kappa shape index (κ3) is 5.70. The van der Waals surface area contributed by atoms with Crippen LogP contribution < -0.4 is 4.74 Å². The van der Waals surface area contributed by atoms with Crippen LogP contribution in [0.25, 0.3) is 11.8 Å². The van der Waals surface area contributed by atoms with Gasteiger partial charge in [0.25, 0.3) is 0 Å². The Bertz CT molecular complexity index is 1430. The van der Waals surface area contributed by atoms with Crippen LogP contribution in [0.2, 0.25) is 0 Å². The number of rotatable bonds is 7. The molecule has 0 saturated carbocycles.